The van der Waals surface area contributed by atoms with Crippen LogP contribution in [0.1, 0.15) is 28.8 Å². The summed E-state index contributed by atoms with van der Waals surface area (Å²) in [5.41, 5.74) is 7.60. The third-order valence-corrected chi connectivity index (χ3v) is 3.59. The summed E-state index contributed by atoms with van der Waals surface area (Å²) in [6, 6.07) is 7.42. The summed E-state index contributed by atoms with van der Waals surface area (Å²) in [7, 11) is 0. The first-order valence-electron chi connectivity index (χ1n) is 7.56. The topological polar surface area (TPSA) is 102 Å². The molecule has 7 nitrogen and oxygen atoms in total. The molecule has 24 heavy (non-hydrogen) atoms. The van der Waals surface area contributed by atoms with Crippen molar-refractivity contribution in [3.8, 4) is 0 Å². The molecule has 1 aromatic heterocycles. The maximum atomic E-state index is 12.1. The third-order valence-electron chi connectivity index (χ3n) is 3.59. The van der Waals surface area contributed by atoms with Crippen molar-refractivity contribution in [1.29, 1.82) is 0 Å². The summed E-state index contributed by atoms with van der Waals surface area (Å²) < 4.78 is 1.50. The Morgan fingerprint density at radius 1 is 1.25 bits per heavy atom. The first kappa shape index (κ1) is 18.0. The van der Waals surface area contributed by atoms with Crippen molar-refractivity contribution in [3.63, 3.8) is 0 Å². The van der Waals surface area contributed by atoms with Crippen molar-refractivity contribution in [2.45, 2.75) is 32.0 Å². The number of carbonyl (C=O) groups excluding carboxylic acids is 2. The number of halogens is 1. The van der Waals surface area contributed by atoms with E-state index < -0.39 is 0 Å². The minimum absolute atomic E-state index is 0. The molecule has 0 saturated heterocycles. The van der Waals surface area contributed by atoms with E-state index >= 15 is 0 Å². The Balaban J connectivity index is 0.00000208. The lowest BCUT2D eigenvalue weighted by molar-refractivity contribution is -0.122. The first-order chi connectivity index (χ1) is 11.1. The Labute approximate surface area is 146 Å². The molecule has 1 heterocycles. The number of rotatable bonds is 6. The molecule has 2 amide bonds. The molecule has 0 aliphatic heterocycles. The van der Waals surface area contributed by atoms with Crippen LogP contribution >= 0.6 is 12.4 Å². The molecule has 1 aliphatic carbocycles. The number of nitrogens with two attached hydrogens (primary N) is 1. The second-order valence-corrected chi connectivity index (χ2v) is 5.62. The van der Waals surface area contributed by atoms with Gasteiger partial charge in [-0.05, 0) is 30.5 Å². The summed E-state index contributed by atoms with van der Waals surface area (Å²) in [5.74, 6) is -0.290. The number of amides is 2. The number of nitrogens with one attached hydrogen (secondary N) is 2. The Morgan fingerprint density at radius 2 is 1.96 bits per heavy atom. The lowest BCUT2D eigenvalue weighted by atomic mass is 10.1. The first-order valence-corrected chi connectivity index (χ1v) is 7.56. The molecule has 1 fully saturated rings. The average molecular weight is 350 g/mol. The molecule has 1 aliphatic rings. The van der Waals surface area contributed by atoms with Gasteiger partial charge < -0.3 is 16.4 Å². The second-order valence-electron chi connectivity index (χ2n) is 5.62. The largest absolute Gasteiger partial charge is 0.352 e. The number of hydrogen-bond acceptors (Lipinski definition) is 4. The minimum atomic E-state index is -0.226. The van der Waals surface area contributed by atoms with Crippen LogP contribution in [0.25, 0.3) is 0 Å². The molecule has 4 N–H and O–H groups in total. The predicted octanol–water partition coefficient (Wildman–Crippen LogP) is 1.29. The van der Waals surface area contributed by atoms with Crippen LogP contribution in [0.15, 0.2) is 36.7 Å². The van der Waals surface area contributed by atoms with Gasteiger partial charge in [0, 0.05) is 24.3 Å². The second kappa shape index (κ2) is 7.94. The van der Waals surface area contributed by atoms with Crippen molar-refractivity contribution in [3.05, 3.63) is 47.8 Å². The molecule has 1 aromatic carbocycles. The van der Waals surface area contributed by atoms with Crippen LogP contribution in [-0.4, -0.2) is 27.6 Å². The summed E-state index contributed by atoms with van der Waals surface area (Å²) in [4.78, 5) is 23.8. The molecule has 2 aromatic rings. The normalized spacial score (nSPS) is 13.0. The van der Waals surface area contributed by atoms with Crippen LogP contribution in [0.2, 0.25) is 0 Å². The molecule has 8 heteroatoms. The molecular weight excluding hydrogens is 330 g/mol. The van der Waals surface area contributed by atoms with E-state index in [0.717, 1.165) is 18.4 Å². The van der Waals surface area contributed by atoms with Crippen molar-refractivity contribution in [1.82, 2.24) is 15.1 Å². The Kier molecular flexibility index (Phi) is 5.94. The maximum absolute atomic E-state index is 12.1. The van der Waals surface area contributed by atoms with Gasteiger partial charge in [0.2, 0.25) is 5.91 Å². The van der Waals surface area contributed by atoms with Gasteiger partial charge >= 0.3 is 0 Å². The molecule has 0 bridgehead atoms. The highest BCUT2D eigenvalue weighted by molar-refractivity contribution is 6.04. The van der Waals surface area contributed by atoms with E-state index in [1.165, 1.54) is 10.9 Å². The fraction of sp³-hybridized carbons (Fsp3) is 0.312. The molecule has 0 spiro atoms. The summed E-state index contributed by atoms with van der Waals surface area (Å²) >= 11 is 0. The summed E-state index contributed by atoms with van der Waals surface area (Å²) in [6.07, 6.45) is 5.26. The fourth-order valence-corrected chi connectivity index (χ4v) is 2.16. The maximum Gasteiger partial charge on any atom is 0.255 e. The van der Waals surface area contributed by atoms with Crippen LogP contribution in [0.5, 0.6) is 0 Å². The van der Waals surface area contributed by atoms with E-state index in [2.05, 4.69) is 15.7 Å². The monoisotopic (exact) mass is 349 g/mol. The van der Waals surface area contributed by atoms with E-state index in [9.17, 15) is 9.59 Å². The predicted molar refractivity (Wildman–Crippen MR) is 92.9 cm³/mol. The van der Waals surface area contributed by atoms with Crippen molar-refractivity contribution in [2.75, 3.05) is 5.32 Å². The van der Waals surface area contributed by atoms with Gasteiger partial charge in [-0.1, -0.05) is 12.1 Å². The van der Waals surface area contributed by atoms with Gasteiger partial charge in [0.25, 0.3) is 5.91 Å². The number of aromatic nitrogens is 2. The minimum Gasteiger partial charge on any atom is -0.352 e. The number of carbonyl (C=O) groups is 2. The van der Waals surface area contributed by atoms with Crippen molar-refractivity contribution < 1.29 is 9.59 Å². The fourth-order valence-electron chi connectivity index (χ4n) is 2.16. The van der Waals surface area contributed by atoms with E-state index in [1.54, 1.807) is 18.3 Å². The van der Waals surface area contributed by atoms with E-state index in [-0.39, 0.29) is 30.8 Å². The smallest absolute Gasteiger partial charge is 0.255 e. The summed E-state index contributed by atoms with van der Waals surface area (Å²) in [6.45, 7) is 0.592. The van der Waals surface area contributed by atoms with E-state index in [0.29, 0.717) is 23.8 Å². The van der Waals surface area contributed by atoms with Crippen LogP contribution in [0.3, 0.4) is 0 Å². The zero-order chi connectivity index (χ0) is 16.2. The van der Waals surface area contributed by atoms with Gasteiger partial charge in [-0.3, -0.25) is 14.3 Å². The Morgan fingerprint density at radius 3 is 2.58 bits per heavy atom. The van der Waals surface area contributed by atoms with Gasteiger partial charge in [-0.25, -0.2) is 0 Å². The number of hydrogen-bond donors (Lipinski definition) is 3. The highest BCUT2D eigenvalue weighted by atomic mass is 35.5. The molecule has 3 rings (SSSR count). The molecule has 128 valence electrons. The van der Waals surface area contributed by atoms with Crippen LogP contribution in [0, 0.1) is 0 Å². The quantitative estimate of drug-likeness (QED) is 0.731. The molecule has 0 unspecified atom stereocenters. The zero-order valence-electron chi connectivity index (χ0n) is 13.1. The number of nitrogens with zero attached hydrogens (tertiary/aromatic N) is 2. The highest BCUT2D eigenvalue weighted by Crippen LogP contribution is 2.18. The van der Waals surface area contributed by atoms with Crippen LogP contribution < -0.4 is 16.4 Å². The van der Waals surface area contributed by atoms with Gasteiger partial charge in [0.1, 0.15) is 6.54 Å². The van der Waals surface area contributed by atoms with Gasteiger partial charge in [0.05, 0.1) is 11.9 Å². The van der Waals surface area contributed by atoms with Crippen LogP contribution in [-0.2, 0) is 17.9 Å². The Bertz CT molecular complexity index is 710. The van der Waals surface area contributed by atoms with Gasteiger partial charge in [-0.15, -0.1) is 12.4 Å². The SMILES string of the molecule is Cl.NCc1ccc(C(=O)Nc2cnn(CC(=O)NC3CC3)c2)cc1. The highest BCUT2D eigenvalue weighted by Gasteiger charge is 2.23. The van der Waals surface area contributed by atoms with Gasteiger partial charge in [0.15, 0.2) is 0 Å². The Hall–Kier alpha value is -2.38. The van der Waals surface area contributed by atoms with Crippen molar-refractivity contribution >= 4 is 29.9 Å². The van der Waals surface area contributed by atoms with Gasteiger partial charge in [-0.2, -0.15) is 5.10 Å². The van der Waals surface area contributed by atoms with E-state index in [1.807, 2.05) is 12.1 Å². The van der Waals surface area contributed by atoms with Crippen LogP contribution in [0.4, 0.5) is 5.69 Å². The summed E-state index contributed by atoms with van der Waals surface area (Å²) in [5, 5.41) is 9.73. The molecular formula is C16H20ClN5O2. The third kappa shape index (κ3) is 4.81. The van der Waals surface area contributed by atoms with E-state index in [4.69, 9.17) is 5.73 Å². The standard InChI is InChI=1S/C16H19N5O2.ClH/c17-7-11-1-3-12(4-2-11)16(23)20-14-8-18-21(9-14)10-15(22)19-13-5-6-13;/h1-4,8-9,13H,5-7,10,17H2,(H,19,22)(H,20,23);1H. The molecule has 1 saturated carbocycles. The van der Waals surface area contributed by atoms with Crippen molar-refractivity contribution in [2.24, 2.45) is 5.73 Å². The lowest BCUT2D eigenvalue weighted by Gasteiger charge is -2.04. The molecule has 0 radical (unpaired) electrons. The zero-order valence-corrected chi connectivity index (χ0v) is 13.9. The molecule has 0 atom stereocenters. The average Bonchev–Trinajstić information content (AvgIpc) is 3.26. The lowest BCUT2D eigenvalue weighted by Crippen LogP contribution is -2.29. The number of benzene rings is 1. The number of anilines is 1.